The second kappa shape index (κ2) is 5.55. The number of nitrogens with one attached hydrogen (secondary N) is 1. The van der Waals surface area contributed by atoms with Gasteiger partial charge in [0.15, 0.2) is 0 Å². The third-order valence-corrected chi connectivity index (χ3v) is 3.80. The van der Waals surface area contributed by atoms with Crippen molar-refractivity contribution in [2.45, 2.75) is 25.2 Å². The molecule has 0 heterocycles. The van der Waals surface area contributed by atoms with Gasteiger partial charge in [0.2, 0.25) is 11.8 Å². The van der Waals surface area contributed by atoms with E-state index in [1.807, 2.05) is 0 Å². The molecule has 0 radical (unpaired) electrons. The number of likely N-dealkylation sites (N-methyl/N-ethyl adjacent to an activating group) is 1. The third-order valence-electron chi connectivity index (χ3n) is 3.80. The Morgan fingerprint density at radius 2 is 1.81 bits per heavy atom. The zero-order chi connectivity index (χ0) is 15.6. The summed E-state index contributed by atoms with van der Waals surface area (Å²) in [6.45, 7) is 1.37. The van der Waals surface area contributed by atoms with E-state index in [4.69, 9.17) is 0 Å². The van der Waals surface area contributed by atoms with Crippen molar-refractivity contribution in [3.63, 3.8) is 0 Å². The lowest BCUT2D eigenvalue weighted by Gasteiger charge is -2.15. The first-order valence-corrected chi connectivity index (χ1v) is 6.71. The summed E-state index contributed by atoms with van der Waals surface area (Å²) in [5.41, 5.74) is 0.605. The van der Waals surface area contributed by atoms with E-state index >= 15 is 0 Å². The van der Waals surface area contributed by atoms with E-state index in [9.17, 15) is 19.5 Å². The molecule has 1 fully saturated rings. The number of hydrogen-bond acceptors (Lipinski definition) is 3. The van der Waals surface area contributed by atoms with Gasteiger partial charge in [-0.3, -0.25) is 14.4 Å². The molecule has 6 heteroatoms. The van der Waals surface area contributed by atoms with Gasteiger partial charge in [0.25, 0.3) is 0 Å². The number of hydrogen-bond donors (Lipinski definition) is 2. The van der Waals surface area contributed by atoms with E-state index in [1.54, 1.807) is 31.3 Å². The van der Waals surface area contributed by atoms with Gasteiger partial charge in [0.05, 0.1) is 12.0 Å². The molecule has 0 unspecified atom stereocenters. The Kier molecular flexibility index (Phi) is 3.97. The van der Waals surface area contributed by atoms with Crippen molar-refractivity contribution in [2.24, 2.45) is 0 Å². The summed E-state index contributed by atoms with van der Waals surface area (Å²) < 4.78 is 0. The molecule has 0 aromatic heterocycles. The molecule has 2 rings (SSSR count). The van der Waals surface area contributed by atoms with Crippen LogP contribution in [0, 0.1) is 0 Å². The summed E-state index contributed by atoms with van der Waals surface area (Å²) in [6, 6.07) is 6.82. The maximum Gasteiger partial charge on any atom is 0.314 e. The maximum absolute atomic E-state index is 11.7. The molecule has 0 saturated heterocycles. The second-order valence-corrected chi connectivity index (χ2v) is 5.39. The molecule has 1 aliphatic rings. The number of carboxylic acid groups (broad SMARTS) is 1. The van der Waals surface area contributed by atoms with E-state index in [0.717, 1.165) is 5.56 Å². The SMILES string of the molecule is CC(=O)N(C)CC(=O)Nc1ccc(C2(C(=O)O)CC2)cc1. The number of amides is 2. The summed E-state index contributed by atoms with van der Waals surface area (Å²) in [4.78, 5) is 35.3. The second-order valence-electron chi connectivity index (χ2n) is 5.39. The molecule has 1 aromatic carbocycles. The van der Waals surface area contributed by atoms with Crippen LogP contribution in [-0.2, 0) is 19.8 Å². The minimum atomic E-state index is -0.803. The molecule has 0 aliphatic heterocycles. The van der Waals surface area contributed by atoms with Crippen molar-refractivity contribution in [1.29, 1.82) is 0 Å². The standard InChI is InChI=1S/C15H18N2O4/c1-10(18)17(2)9-13(19)16-12-5-3-11(4-6-12)15(7-8-15)14(20)21/h3-6H,7-9H2,1-2H3,(H,16,19)(H,20,21). The number of rotatable bonds is 5. The summed E-state index contributed by atoms with van der Waals surface area (Å²) in [5, 5.41) is 11.9. The Morgan fingerprint density at radius 3 is 2.24 bits per heavy atom. The van der Waals surface area contributed by atoms with Crippen LogP contribution in [-0.4, -0.2) is 41.4 Å². The molecule has 1 saturated carbocycles. The maximum atomic E-state index is 11.7. The molecule has 2 amide bonds. The Hall–Kier alpha value is -2.37. The van der Waals surface area contributed by atoms with E-state index in [-0.39, 0.29) is 18.4 Å². The molecule has 0 spiro atoms. The molecule has 2 N–H and O–H groups in total. The minimum Gasteiger partial charge on any atom is -0.481 e. The van der Waals surface area contributed by atoms with Crippen molar-refractivity contribution in [2.75, 3.05) is 18.9 Å². The number of benzene rings is 1. The monoisotopic (exact) mass is 290 g/mol. The number of nitrogens with zero attached hydrogens (tertiary/aromatic N) is 1. The van der Waals surface area contributed by atoms with Crippen LogP contribution in [0.1, 0.15) is 25.3 Å². The third kappa shape index (κ3) is 3.21. The molecule has 0 atom stereocenters. The predicted octanol–water partition coefficient (Wildman–Crippen LogP) is 1.22. The van der Waals surface area contributed by atoms with Gasteiger partial charge in [0.1, 0.15) is 0 Å². The van der Waals surface area contributed by atoms with Crippen LogP contribution in [0.5, 0.6) is 0 Å². The van der Waals surface area contributed by atoms with E-state index in [2.05, 4.69) is 5.32 Å². The van der Waals surface area contributed by atoms with Crippen molar-refractivity contribution >= 4 is 23.5 Å². The van der Waals surface area contributed by atoms with Crippen LogP contribution in [0.15, 0.2) is 24.3 Å². The Labute approximate surface area is 122 Å². The Bertz CT molecular complexity index is 576. The van der Waals surface area contributed by atoms with Crippen molar-refractivity contribution in [1.82, 2.24) is 4.90 Å². The molecule has 1 aromatic rings. The highest BCUT2D eigenvalue weighted by Gasteiger charge is 2.51. The average Bonchev–Trinajstić information content (AvgIpc) is 3.20. The molecule has 1 aliphatic carbocycles. The van der Waals surface area contributed by atoms with E-state index in [1.165, 1.54) is 11.8 Å². The van der Waals surface area contributed by atoms with E-state index in [0.29, 0.717) is 18.5 Å². The minimum absolute atomic E-state index is 0.0177. The number of carbonyl (C=O) groups excluding carboxylic acids is 2. The fourth-order valence-corrected chi connectivity index (χ4v) is 2.15. The lowest BCUT2D eigenvalue weighted by Crippen LogP contribution is -2.33. The van der Waals surface area contributed by atoms with Gasteiger partial charge < -0.3 is 15.3 Å². The smallest absolute Gasteiger partial charge is 0.314 e. The summed E-state index contributed by atoms with van der Waals surface area (Å²) in [5.74, 6) is -1.28. The van der Waals surface area contributed by atoms with Crippen LogP contribution in [0.4, 0.5) is 5.69 Å². The topological polar surface area (TPSA) is 86.7 Å². The van der Waals surface area contributed by atoms with Crippen LogP contribution in [0.3, 0.4) is 0 Å². The molecule has 6 nitrogen and oxygen atoms in total. The van der Waals surface area contributed by atoms with Crippen molar-refractivity contribution < 1.29 is 19.5 Å². The van der Waals surface area contributed by atoms with Crippen LogP contribution in [0.25, 0.3) is 0 Å². The van der Waals surface area contributed by atoms with Gasteiger partial charge in [-0.1, -0.05) is 12.1 Å². The normalized spacial score (nSPS) is 15.1. The highest BCUT2D eigenvalue weighted by Crippen LogP contribution is 2.48. The van der Waals surface area contributed by atoms with Gasteiger partial charge in [0, 0.05) is 19.7 Å². The van der Waals surface area contributed by atoms with Gasteiger partial charge >= 0.3 is 5.97 Å². The Balaban J connectivity index is 1.99. The number of anilines is 1. The fraction of sp³-hybridized carbons (Fsp3) is 0.400. The van der Waals surface area contributed by atoms with Gasteiger partial charge in [-0.2, -0.15) is 0 Å². The molecular weight excluding hydrogens is 272 g/mol. The van der Waals surface area contributed by atoms with Gasteiger partial charge in [-0.05, 0) is 30.5 Å². The summed E-state index contributed by atoms with van der Waals surface area (Å²) in [7, 11) is 1.55. The first-order valence-electron chi connectivity index (χ1n) is 6.71. The van der Waals surface area contributed by atoms with Crippen LogP contribution in [0.2, 0.25) is 0 Å². The average molecular weight is 290 g/mol. The van der Waals surface area contributed by atoms with Gasteiger partial charge in [-0.15, -0.1) is 0 Å². The number of aliphatic carboxylic acids is 1. The zero-order valence-electron chi connectivity index (χ0n) is 12.0. The van der Waals surface area contributed by atoms with Gasteiger partial charge in [-0.25, -0.2) is 0 Å². The highest BCUT2D eigenvalue weighted by atomic mass is 16.4. The molecule has 21 heavy (non-hydrogen) atoms. The lowest BCUT2D eigenvalue weighted by atomic mass is 9.96. The predicted molar refractivity (Wildman–Crippen MR) is 76.9 cm³/mol. The first-order chi connectivity index (χ1) is 9.85. The lowest BCUT2D eigenvalue weighted by molar-refractivity contribution is -0.140. The van der Waals surface area contributed by atoms with Crippen molar-refractivity contribution in [3.8, 4) is 0 Å². The van der Waals surface area contributed by atoms with Crippen LogP contribution >= 0.6 is 0 Å². The fourth-order valence-electron chi connectivity index (χ4n) is 2.15. The Morgan fingerprint density at radius 1 is 1.24 bits per heavy atom. The molecule has 112 valence electrons. The zero-order valence-corrected chi connectivity index (χ0v) is 12.0. The largest absolute Gasteiger partial charge is 0.481 e. The van der Waals surface area contributed by atoms with Crippen molar-refractivity contribution in [3.05, 3.63) is 29.8 Å². The van der Waals surface area contributed by atoms with E-state index < -0.39 is 11.4 Å². The van der Waals surface area contributed by atoms with Crippen LogP contribution < -0.4 is 5.32 Å². The summed E-state index contributed by atoms with van der Waals surface area (Å²) >= 11 is 0. The number of carbonyl (C=O) groups is 3. The first kappa shape index (κ1) is 15.0. The summed E-state index contributed by atoms with van der Waals surface area (Å²) in [6.07, 6.45) is 1.30. The quantitative estimate of drug-likeness (QED) is 0.853. The molecule has 0 bridgehead atoms. The molecular formula is C15H18N2O4. The highest BCUT2D eigenvalue weighted by molar-refractivity contribution is 5.94. The number of carboxylic acids is 1.